The van der Waals surface area contributed by atoms with Crippen LogP contribution in [0, 0.1) is 0 Å². The Kier molecular flexibility index (Phi) is 5.43. The zero-order valence-electron chi connectivity index (χ0n) is 10.2. The molecule has 5 nitrogen and oxygen atoms in total. The molecule has 1 aromatic heterocycles. The monoisotopic (exact) mass is 314 g/mol. The summed E-state index contributed by atoms with van der Waals surface area (Å²) in [5.74, 6) is -7.52. The lowest BCUT2D eigenvalue weighted by atomic mass is 10.3. The molecule has 0 aromatic carbocycles. The van der Waals surface area contributed by atoms with Crippen molar-refractivity contribution in [3.8, 4) is 0 Å². The highest BCUT2D eigenvalue weighted by atomic mass is 32.1. The maximum Gasteiger partial charge on any atom is 0.383 e. The van der Waals surface area contributed by atoms with Gasteiger partial charge in [-0.05, 0) is 6.92 Å². The first kappa shape index (κ1) is 16.3. The van der Waals surface area contributed by atoms with Crippen LogP contribution in [0.25, 0.3) is 0 Å². The summed E-state index contributed by atoms with van der Waals surface area (Å²) < 4.78 is 53.9. The highest BCUT2D eigenvalue weighted by Gasteiger charge is 2.49. The molecule has 0 bridgehead atoms. The number of nitrogens with one attached hydrogen (secondary N) is 1. The van der Waals surface area contributed by atoms with Crippen molar-refractivity contribution in [1.82, 2.24) is 4.98 Å². The largest absolute Gasteiger partial charge is 0.466 e. The fraction of sp³-hybridized carbons (Fsp3) is 0.500. The van der Waals surface area contributed by atoms with Crippen molar-refractivity contribution < 1.29 is 31.9 Å². The summed E-state index contributed by atoms with van der Waals surface area (Å²) >= 11 is 0.737. The Labute approximate surface area is 114 Å². The number of nitrogens with zero attached hydrogens (tertiary/aromatic N) is 1. The number of alkyl halides is 4. The van der Waals surface area contributed by atoms with Crippen LogP contribution in [0.3, 0.4) is 0 Å². The van der Waals surface area contributed by atoms with E-state index < -0.39 is 24.2 Å². The second-order valence-electron chi connectivity index (χ2n) is 3.50. The molecule has 0 fully saturated rings. The number of hydrogen-bond donors (Lipinski definition) is 1. The normalized spacial score (nSPS) is 11.5. The smallest absolute Gasteiger partial charge is 0.383 e. The minimum absolute atomic E-state index is 0.174. The van der Waals surface area contributed by atoms with E-state index in [-0.39, 0.29) is 23.9 Å². The van der Waals surface area contributed by atoms with Crippen molar-refractivity contribution in [3.05, 3.63) is 11.1 Å². The molecule has 1 heterocycles. The summed E-state index contributed by atoms with van der Waals surface area (Å²) in [6, 6.07) is 0. The van der Waals surface area contributed by atoms with E-state index in [1.165, 1.54) is 5.38 Å². The van der Waals surface area contributed by atoms with Gasteiger partial charge in [-0.2, -0.15) is 8.78 Å². The molecular weight excluding hydrogens is 304 g/mol. The van der Waals surface area contributed by atoms with Gasteiger partial charge in [0.15, 0.2) is 5.13 Å². The number of halogens is 4. The zero-order valence-corrected chi connectivity index (χ0v) is 11.0. The van der Waals surface area contributed by atoms with Crippen LogP contribution in [-0.2, 0) is 20.7 Å². The first-order chi connectivity index (χ1) is 9.27. The van der Waals surface area contributed by atoms with Gasteiger partial charge in [0.05, 0.1) is 18.7 Å². The average molecular weight is 314 g/mol. The molecule has 0 aliphatic heterocycles. The van der Waals surface area contributed by atoms with Crippen LogP contribution < -0.4 is 5.32 Å². The molecule has 0 saturated heterocycles. The van der Waals surface area contributed by atoms with E-state index in [9.17, 15) is 27.2 Å². The third-order valence-electron chi connectivity index (χ3n) is 1.98. The Morgan fingerprint density at radius 1 is 1.50 bits per heavy atom. The molecule has 0 spiro atoms. The number of anilines is 1. The molecule has 1 aromatic rings. The van der Waals surface area contributed by atoms with E-state index in [1.807, 2.05) is 0 Å². The van der Waals surface area contributed by atoms with Crippen molar-refractivity contribution in [2.75, 3.05) is 11.9 Å². The SMILES string of the molecule is CCOC(=O)Cc1csc(NC(=O)C(F)(F)C(F)F)n1. The summed E-state index contributed by atoms with van der Waals surface area (Å²) in [5.41, 5.74) is 0.184. The summed E-state index contributed by atoms with van der Waals surface area (Å²) in [6.07, 6.45) is -4.31. The fourth-order valence-electron chi connectivity index (χ4n) is 1.09. The van der Waals surface area contributed by atoms with Crippen molar-refractivity contribution >= 4 is 28.3 Å². The third-order valence-corrected chi connectivity index (χ3v) is 2.79. The van der Waals surface area contributed by atoms with Crippen LogP contribution in [0.1, 0.15) is 12.6 Å². The highest BCUT2D eigenvalue weighted by molar-refractivity contribution is 7.13. The second kappa shape index (κ2) is 6.64. The van der Waals surface area contributed by atoms with Crippen LogP contribution in [0.5, 0.6) is 0 Å². The number of esters is 1. The Bertz CT molecular complexity index is 493. The zero-order chi connectivity index (χ0) is 15.3. The summed E-state index contributed by atoms with van der Waals surface area (Å²) in [4.78, 5) is 25.7. The molecule has 1 N–H and O–H groups in total. The van der Waals surface area contributed by atoms with Gasteiger partial charge < -0.3 is 4.74 Å². The van der Waals surface area contributed by atoms with Gasteiger partial charge in [0.25, 0.3) is 0 Å². The van der Waals surface area contributed by atoms with E-state index in [2.05, 4.69) is 9.72 Å². The molecule has 0 unspecified atom stereocenters. The van der Waals surface area contributed by atoms with Crippen LogP contribution in [0.15, 0.2) is 5.38 Å². The van der Waals surface area contributed by atoms with Gasteiger partial charge in [0, 0.05) is 5.38 Å². The minimum Gasteiger partial charge on any atom is -0.466 e. The lowest BCUT2D eigenvalue weighted by Crippen LogP contribution is -2.40. The van der Waals surface area contributed by atoms with Crippen LogP contribution >= 0.6 is 11.3 Å². The van der Waals surface area contributed by atoms with E-state index >= 15 is 0 Å². The molecule has 112 valence electrons. The van der Waals surface area contributed by atoms with E-state index in [1.54, 1.807) is 12.2 Å². The van der Waals surface area contributed by atoms with Crippen molar-refractivity contribution in [3.63, 3.8) is 0 Å². The number of hydrogen-bond acceptors (Lipinski definition) is 5. The number of thiazole rings is 1. The number of aromatic nitrogens is 1. The van der Waals surface area contributed by atoms with Crippen LogP contribution in [0.4, 0.5) is 22.7 Å². The van der Waals surface area contributed by atoms with Crippen molar-refractivity contribution in [1.29, 1.82) is 0 Å². The quantitative estimate of drug-likeness (QED) is 0.645. The molecule has 20 heavy (non-hydrogen) atoms. The van der Waals surface area contributed by atoms with Gasteiger partial charge in [0.1, 0.15) is 0 Å². The maximum absolute atomic E-state index is 12.7. The predicted octanol–water partition coefficient (Wildman–Crippen LogP) is 2.09. The predicted molar refractivity (Wildman–Crippen MR) is 62.0 cm³/mol. The number of ether oxygens (including phenoxy) is 1. The molecular formula is C10H10F4N2O3S. The standard InChI is InChI=1S/C10H10F4N2O3S/c1-2-19-6(17)3-5-4-20-9(15-5)16-8(18)10(13,14)7(11)12/h4,7H,2-3H2,1H3,(H,15,16,18). The molecule has 10 heteroatoms. The van der Waals surface area contributed by atoms with Gasteiger partial charge in [-0.15, -0.1) is 11.3 Å². The van der Waals surface area contributed by atoms with Gasteiger partial charge >= 0.3 is 24.2 Å². The first-order valence-corrected chi connectivity index (χ1v) is 6.22. The molecule has 0 radical (unpaired) electrons. The lowest BCUT2D eigenvalue weighted by molar-refractivity contribution is -0.163. The van der Waals surface area contributed by atoms with Crippen molar-refractivity contribution in [2.45, 2.75) is 25.7 Å². The molecule has 1 rings (SSSR count). The van der Waals surface area contributed by atoms with Gasteiger partial charge in [-0.3, -0.25) is 14.9 Å². The summed E-state index contributed by atoms with van der Waals surface area (Å²) in [7, 11) is 0. The molecule has 0 saturated carbocycles. The van der Waals surface area contributed by atoms with E-state index in [0.29, 0.717) is 0 Å². The number of amides is 1. The van der Waals surface area contributed by atoms with Gasteiger partial charge in [-0.25, -0.2) is 13.8 Å². The lowest BCUT2D eigenvalue weighted by Gasteiger charge is -2.13. The highest BCUT2D eigenvalue weighted by Crippen LogP contribution is 2.25. The molecule has 1 amide bonds. The Hall–Kier alpha value is -1.71. The number of rotatable bonds is 6. The Morgan fingerprint density at radius 3 is 2.70 bits per heavy atom. The van der Waals surface area contributed by atoms with E-state index in [4.69, 9.17) is 0 Å². The minimum atomic E-state index is -4.80. The topological polar surface area (TPSA) is 68.3 Å². The average Bonchev–Trinajstić information content (AvgIpc) is 2.76. The summed E-state index contributed by atoms with van der Waals surface area (Å²) in [5, 5.41) is 2.61. The van der Waals surface area contributed by atoms with Crippen LogP contribution in [-0.4, -0.2) is 35.8 Å². The maximum atomic E-state index is 12.7. The van der Waals surface area contributed by atoms with Crippen LogP contribution in [0.2, 0.25) is 0 Å². The Balaban J connectivity index is 2.65. The Morgan fingerprint density at radius 2 is 2.15 bits per heavy atom. The van der Waals surface area contributed by atoms with Gasteiger partial charge in [-0.1, -0.05) is 0 Å². The van der Waals surface area contributed by atoms with Crippen molar-refractivity contribution in [2.24, 2.45) is 0 Å². The fourth-order valence-corrected chi connectivity index (χ4v) is 1.79. The third kappa shape index (κ3) is 4.15. The summed E-state index contributed by atoms with van der Waals surface area (Å²) in [6.45, 7) is 1.78. The first-order valence-electron chi connectivity index (χ1n) is 5.34. The van der Waals surface area contributed by atoms with E-state index in [0.717, 1.165) is 11.3 Å². The van der Waals surface area contributed by atoms with Gasteiger partial charge in [0.2, 0.25) is 0 Å². The molecule has 0 aliphatic rings. The molecule has 0 atom stereocenters. The molecule has 0 aliphatic carbocycles. The number of carbonyl (C=O) groups is 2. The number of carbonyl (C=O) groups excluding carboxylic acids is 2. The second-order valence-corrected chi connectivity index (χ2v) is 4.36.